The summed E-state index contributed by atoms with van der Waals surface area (Å²) in [6.45, 7) is 13.9. The van der Waals surface area contributed by atoms with Crippen LogP contribution < -0.4 is 31.6 Å². The van der Waals surface area contributed by atoms with E-state index < -0.39 is 32.3 Å². The molecule has 4 rings (SSSR count). The van der Waals surface area contributed by atoms with Gasteiger partial charge in [-0.3, -0.25) is 0 Å². The first-order valence-electron chi connectivity index (χ1n) is 22.3. The minimum atomic E-state index is -1.71. The van der Waals surface area contributed by atoms with Crippen LogP contribution in [0.2, 0.25) is 36.3 Å². The van der Waals surface area contributed by atoms with Gasteiger partial charge in [0, 0.05) is 26.8 Å². The smallest absolute Gasteiger partial charge is 0.132 e. The Morgan fingerprint density at radius 3 is 0.929 bits per heavy atom. The summed E-state index contributed by atoms with van der Waals surface area (Å²) in [5, 5.41) is 6.80. The number of unbranched alkanes of at least 4 members (excludes halogenated alkanes) is 6. The highest BCUT2D eigenvalue weighted by atomic mass is 31.2. The molecule has 0 aromatic heterocycles. The summed E-state index contributed by atoms with van der Waals surface area (Å²) < 4.78 is 34.6. The molecule has 2 atom stereocenters. The van der Waals surface area contributed by atoms with Gasteiger partial charge in [-0.25, -0.2) is 13.2 Å². The highest BCUT2D eigenvalue weighted by molar-refractivity contribution is 7.84. The van der Waals surface area contributed by atoms with Crippen LogP contribution in [-0.2, 0) is 0 Å². The minimum Gasteiger partial charge on any atom is -0.248 e. The van der Waals surface area contributed by atoms with Crippen molar-refractivity contribution in [3.05, 3.63) is 109 Å². The van der Waals surface area contributed by atoms with E-state index in [2.05, 4.69) is 102 Å². The Hall–Kier alpha value is -2.01. The van der Waals surface area contributed by atoms with Crippen LogP contribution in [0.1, 0.15) is 119 Å². The Morgan fingerprint density at radius 2 is 0.679 bits per heavy atom. The zero-order chi connectivity index (χ0) is 40.4. The number of halogens is 2. The van der Waals surface area contributed by atoms with Gasteiger partial charge < -0.3 is 0 Å². The van der Waals surface area contributed by atoms with Crippen LogP contribution in [0.3, 0.4) is 0 Å². The van der Waals surface area contributed by atoms with Crippen LogP contribution in [0.5, 0.6) is 0 Å². The van der Waals surface area contributed by atoms with Crippen molar-refractivity contribution in [2.75, 3.05) is 7.05 Å². The molecule has 306 valence electrons. The normalized spacial score (nSPS) is 13.3. The summed E-state index contributed by atoms with van der Waals surface area (Å²) >= 11 is 0. The molecule has 0 amide bonds. The van der Waals surface area contributed by atoms with E-state index in [9.17, 15) is 0 Å². The van der Waals surface area contributed by atoms with E-state index >= 15 is 8.78 Å². The molecule has 0 fully saturated rings. The van der Waals surface area contributed by atoms with Gasteiger partial charge in [-0.15, -0.1) is 0 Å². The molecule has 0 aliphatic carbocycles. The first-order valence-corrected chi connectivity index (χ1v) is 30.1. The molecule has 0 bridgehead atoms. The molecule has 56 heavy (non-hydrogen) atoms. The third-order valence-electron chi connectivity index (χ3n) is 12.2. The Balaban J connectivity index is 1.87. The van der Waals surface area contributed by atoms with Gasteiger partial charge in [0.15, 0.2) is 0 Å². The number of hydrogen-bond donors (Lipinski definition) is 0. The van der Waals surface area contributed by atoms with E-state index in [4.69, 9.17) is 0 Å². The van der Waals surface area contributed by atoms with Crippen molar-refractivity contribution < 1.29 is 8.78 Å². The fraction of sp³-hybridized carbons (Fsp3) is 0.510. The summed E-state index contributed by atoms with van der Waals surface area (Å²) in [5.41, 5.74) is 0. The molecule has 1 nitrogen and oxygen atoms in total. The average Bonchev–Trinajstić information content (AvgIpc) is 3.23. The van der Waals surface area contributed by atoms with Crippen LogP contribution in [0.15, 0.2) is 97.1 Å². The standard InChI is InChI=1S/C49H73F2NP2Si2/c1-8-14-36-55(37-15-9-2,38-16-10-3)44-32-28-42(29-33-44)53(48-26-22-20-24-46(48)50)52(7)54(49-27-23-21-25-47(49)51)43-30-34-45(35-31-43)56(39-17-11-4,40-18-12-5)41-19-13-6/h20-35H,8-19,36-41H2,1-7H3. The van der Waals surface area contributed by atoms with Crippen LogP contribution in [0, 0.1) is 11.6 Å². The molecular formula is C49H73F2NP2Si2. The molecule has 2 unspecified atom stereocenters. The van der Waals surface area contributed by atoms with Gasteiger partial charge in [0.25, 0.3) is 0 Å². The minimum absolute atomic E-state index is 0.190. The van der Waals surface area contributed by atoms with E-state index in [0.29, 0.717) is 10.6 Å². The zero-order valence-corrected chi connectivity index (χ0v) is 39.9. The van der Waals surface area contributed by atoms with Gasteiger partial charge in [0.1, 0.15) is 11.6 Å². The maximum atomic E-state index is 16.1. The SMILES string of the molecule is CCCC[Si](CCCC)(CCCC)c1ccc(P(c2ccccc2F)N(C)P(c2ccc([Si](CCCC)(CCCC)CCCC)cc2)c2ccccc2F)cc1. The maximum Gasteiger partial charge on any atom is 0.132 e. The van der Waals surface area contributed by atoms with Gasteiger partial charge in [-0.05, 0) is 41.9 Å². The lowest BCUT2D eigenvalue weighted by Gasteiger charge is -2.37. The van der Waals surface area contributed by atoms with E-state index in [1.807, 2.05) is 24.3 Å². The maximum absolute atomic E-state index is 16.1. The van der Waals surface area contributed by atoms with Crippen molar-refractivity contribution in [1.82, 2.24) is 4.44 Å². The fourth-order valence-corrected chi connectivity index (χ4v) is 25.7. The highest BCUT2D eigenvalue weighted by Crippen LogP contribution is 2.53. The predicted octanol–water partition coefficient (Wildman–Crippen LogP) is 13.4. The first-order chi connectivity index (χ1) is 27.2. The third kappa shape index (κ3) is 12.0. The Morgan fingerprint density at radius 1 is 0.411 bits per heavy atom. The van der Waals surface area contributed by atoms with Crippen molar-refractivity contribution in [2.45, 2.75) is 155 Å². The van der Waals surface area contributed by atoms with E-state index in [1.165, 1.54) is 113 Å². The second-order valence-corrected chi connectivity index (χ2v) is 30.3. The average molecular weight is 832 g/mol. The molecule has 4 aromatic rings. The topological polar surface area (TPSA) is 3.24 Å². The number of hydrogen-bond acceptors (Lipinski definition) is 1. The Bertz CT molecular complexity index is 1530. The van der Waals surface area contributed by atoms with E-state index in [-0.39, 0.29) is 11.6 Å². The number of nitrogens with zero attached hydrogens (tertiary/aromatic N) is 1. The summed E-state index contributed by atoms with van der Waals surface area (Å²) in [6, 6.07) is 41.7. The number of rotatable bonds is 26. The summed E-state index contributed by atoms with van der Waals surface area (Å²) in [7, 11) is -3.94. The molecule has 0 heterocycles. The summed E-state index contributed by atoms with van der Waals surface area (Å²) in [6.07, 6.45) is 15.1. The molecule has 0 aliphatic rings. The van der Waals surface area contributed by atoms with Crippen molar-refractivity contribution in [2.24, 2.45) is 0 Å². The largest absolute Gasteiger partial charge is 0.248 e. The second-order valence-electron chi connectivity index (χ2n) is 16.3. The third-order valence-corrected chi connectivity index (χ3v) is 28.7. The molecule has 4 aromatic carbocycles. The number of benzene rings is 4. The van der Waals surface area contributed by atoms with E-state index in [1.54, 1.807) is 34.6 Å². The molecule has 7 heteroatoms. The molecule has 0 spiro atoms. The molecule has 0 aliphatic heterocycles. The second kappa shape index (κ2) is 24.2. The van der Waals surface area contributed by atoms with Gasteiger partial charge >= 0.3 is 0 Å². The van der Waals surface area contributed by atoms with Crippen LogP contribution in [0.4, 0.5) is 8.78 Å². The van der Waals surface area contributed by atoms with Crippen molar-refractivity contribution in [3.63, 3.8) is 0 Å². The fourth-order valence-electron chi connectivity index (χ4n) is 8.88. The summed E-state index contributed by atoms with van der Waals surface area (Å²) in [5.74, 6) is -0.381. The van der Waals surface area contributed by atoms with Gasteiger partial charge in [-0.2, -0.15) is 0 Å². The lowest BCUT2D eigenvalue weighted by molar-refractivity contribution is 0.635. The first kappa shape index (κ1) is 46.7. The quantitative estimate of drug-likeness (QED) is 0.0450. The predicted molar refractivity (Wildman–Crippen MR) is 255 cm³/mol. The lowest BCUT2D eigenvalue weighted by Crippen LogP contribution is -2.48. The molecular weight excluding hydrogens is 759 g/mol. The molecule has 0 radical (unpaired) electrons. The Kier molecular flexibility index (Phi) is 20.1. The van der Waals surface area contributed by atoms with Crippen LogP contribution in [-0.4, -0.2) is 27.6 Å². The zero-order valence-electron chi connectivity index (χ0n) is 36.1. The molecule has 0 N–H and O–H groups in total. The van der Waals surface area contributed by atoms with Crippen LogP contribution >= 0.6 is 16.1 Å². The van der Waals surface area contributed by atoms with Crippen molar-refractivity contribution in [1.29, 1.82) is 0 Å². The monoisotopic (exact) mass is 831 g/mol. The van der Waals surface area contributed by atoms with Crippen molar-refractivity contribution in [3.8, 4) is 0 Å². The van der Waals surface area contributed by atoms with Crippen molar-refractivity contribution >= 4 is 63.9 Å². The molecule has 0 saturated carbocycles. The van der Waals surface area contributed by atoms with E-state index in [0.717, 1.165) is 10.6 Å². The highest BCUT2D eigenvalue weighted by Gasteiger charge is 2.37. The van der Waals surface area contributed by atoms with Crippen LogP contribution in [0.25, 0.3) is 0 Å². The van der Waals surface area contributed by atoms with Gasteiger partial charge in [0.05, 0.1) is 16.1 Å². The lowest BCUT2D eigenvalue weighted by atomic mass is 10.3. The Labute approximate surface area is 346 Å². The summed E-state index contributed by atoms with van der Waals surface area (Å²) in [4.78, 5) is 0. The molecule has 0 saturated heterocycles. The van der Waals surface area contributed by atoms with Gasteiger partial charge in [-0.1, -0.05) is 238 Å². The van der Waals surface area contributed by atoms with Gasteiger partial charge in [0.2, 0.25) is 0 Å².